The first kappa shape index (κ1) is 17.1. The number of nitrogen functional groups attached to an aromatic ring is 1. The van der Waals surface area contributed by atoms with Crippen LogP contribution in [-0.2, 0) is 17.8 Å². The lowest BCUT2D eigenvalue weighted by Crippen LogP contribution is -2.45. The lowest BCUT2D eigenvalue weighted by atomic mass is 10.1. The molecule has 140 valence electrons. The summed E-state index contributed by atoms with van der Waals surface area (Å²) in [7, 11) is 0. The van der Waals surface area contributed by atoms with Gasteiger partial charge in [0.1, 0.15) is 18.0 Å². The summed E-state index contributed by atoms with van der Waals surface area (Å²) in [5, 5.41) is 14.3. The molecular formula is C15H18F2N6O3. The summed E-state index contributed by atoms with van der Waals surface area (Å²) < 4.78 is 36.9. The van der Waals surface area contributed by atoms with Crippen molar-refractivity contribution in [1.82, 2.24) is 24.2 Å². The minimum atomic E-state index is -3.64. The number of nitrogens with two attached hydrogens (primary N) is 1. The van der Waals surface area contributed by atoms with Crippen LogP contribution in [0.15, 0.2) is 29.3 Å². The molecule has 0 saturated carbocycles. The molecule has 2 aliphatic rings. The topological polar surface area (TPSA) is 111 Å². The highest BCUT2D eigenvalue weighted by Crippen LogP contribution is 2.42. The molecule has 0 aromatic carbocycles. The zero-order valence-electron chi connectivity index (χ0n) is 13.7. The number of nitrogens with zero attached hydrogens (tertiary/aromatic N) is 5. The first-order valence-electron chi connectivity index (χ1n) is 8.15. The molecule has 3 atom stereocenters. The maximum Gasteiger partial charge on any atom is 0.351 e. The van der Waals surface area contributed by atoms with Crippen LogP contribution in [0.5, 0.6) is 0 Å². The van der Waals surface area contributed by atoms with Gasteiger partial charge in [0, 0.05) is 37.6 Å². The zero-order valence-corrected chi connectivity index (χ0v) is 13.7. The van der Waals surface area contributed by atoms with Crippen molar-refractivity contribution in [1.29, 1.82) is 0 Å². The van der Waals surface area contributed by atoms with Gasteiger partial charge in [0.2, 0.25) is 6.23 Å². The number of hydrogen-bond donors (Lipinski definition) is 2. The van der Waals surface area contributed by atoms with Crippen LogP contribution in [0.4, 0.5) is 14.6 Å². The van der Waals surface area contributed by atoms with E-state index in [1.54, 1.807) is 10.9 Å². The molecule has 9 nitrogen and oxygen atoms in total. The number of aromatic nitrogens is 4. The third kappa shape index (κ3) is 2.77. The van der Waals surface area contributed by atoms with Crippen molar-refractivity contribution in [2.24, 2.45) is 0 Å². The summed E-state index contributed by atoms with van der Waals surface area (Å²) in [6.45, 7) is 1.15. The molecule has 3 N–H and O–H groups in total. The Balaban J connectivity index is 1.53. The number of rotatable bonds is 3. The molecule has 2 aliphatic heterocycles. The summed E-state index contributed by atoms with van der Waals surface area (Å²) in [6, 6.07) is 3.13. The van der Waals surface area contributed by atoms with Gasteiger partial charge in [0.05, 0.1) is 6.67 Å². The van der Waals surface area contributed by atoms with E-state index in [0.29, 0.717) is 17.8 Å². The number of alkyl halides is 2. The van der Waals surface area contributed by atoms with Crippen LogP contribution < -0.4 is 11.4 Å². The number of fused-ring (bicyclic) bond motifs is 1. The van der Waals surface area contributed by atoms with E-state index in [1.807, 2.05) is 11.0 Å². The molecule has 0 bridgehead atoms. The van der Waals surface area contributed by atoms with Crippen LogP contribution in [0.3, 0.4) is 0 Å². The lowest BCUT2D eigenvalue weighted by Gasteiger charge is -2.30. The molecule has 2 aromatic rings. The van der Waals surface area contributed by atoms with E-state index in [4.69, 9.17) is 10.5 Å². The Bertz CT molecular complexity index is 869. The van der Waals surface area contributed by atoms with E-state index in [9.17, 15) is 18.7 Å². The third-order valence-corrected chi connectivity index (χ3v) is 4.74. The van der Waals surface area contributed by atoms with E-state index in [-0.39, 0.29) is 12.4 Å². The molecule has 4 heterocycles. The van der Waals surface area contributed by atoms with Crippen LogP contribution >= 0.6 is 0 Å². The molecule has 4 rings (SSSR count). The summed E-state index contributed by atoms with van der Waals surface area (Å²) in [4.78, 5) is 17.2. The fourth-order valence-electron chi connectivity index (χ4n) is 3.36. The minimum Gasteiger partial charge on any atom is -0.384 e. The Kier molecular flexibility index (Phi) is 4.01. The largest absolute Gasteiger partial charge is 0.384 e. The van der Waals surface area contributed by atoms with Crippen LogP contribution in [0, 0.1) is 0 Å². The van der Waals surface area contributed by atoms with Gasteiger partial charge >= 0.3 is 11.6 Å². The maximum atomic E-state index is 14.5. The van der Waals surface area contributed by atoms with Gasteiger partial charge in [0.15, 0.2) is 0 Å². The van der Waals surface area contributed by atoms with E-state index < -0.39 is 30.0 Å². The van der Waals surface area contributed by atoms with E-state index in [2.05, 4.69) is 10.1 Å². The number of ether oxygens (including phenoxy) is 1. The summed E-state index contributed by atoms with van der Waals surface area (Å²) in [5.41, 5.74) is 5.49. The predicted molar refractivity (Wildman–Crippen MR) is 85.3 cm³/mol. The molecule has 11 heteroatoms. The molecular weight excluding hydrogens is 350 g/mol. The highest BCUT2D eigenvalue weighted by Gasteiger charge is 2.59. The summed E-state index contributed by atoms with van der Waals surface area (Å²) >= 11 is 0. The van der Waals surface area contributed by atoms with Gasteiger partial charge in [-0.2, -0.15) is 18.9 Å². The quantitative estimate of drug-likeness (QED) is 0.746. The zero-order chi connectivity index (χ0) is 18.5. The van der Waals surface area contributed by atoms with Crippen LogP contribution in [-0.4, -0.2) is 60.6 Å². The van der Waals surface area contributed by atoms with Crippen molar-refractivity contribution in [2.75, 3.05) is 18.8 Å². The predicted octanol–water partition coefficient (Wildman–Crippen LogP) is -0.569. The van der Waals surface area contributed by atoms with Crippen molar-refractivity contribution in [3.63, 3.8) is 0 Å². The number of aliphatic hydroxyl groups excluding tert-OH is 1. The first-order valence-corrected chi connectivity index (χ1v) is 8.15. The number of anilines is 1. The molecule has 0 aliphatic carbocycles. The highest BCUT2D eigenvalue weighted by atomic mass is 19.3. The van der Waals surface area contributed by atoms with Crippen molar-refractivity contribution in [3.05, 3.63) is 40.7 Å². The monoisotopic (exact) mass is 368 g/mol. The Morgan fingerprint density at radius 1 is 1.42 bits per heavy atom. The maximum absolute atomic E-state index is 14.5. The molecule has 1 saturated heterocycles. The number of aliphatic hydroxyl groups is 1. The fraction of sp³-hybridized carbons (Fsp3) is 0.533. The lowest BCUT2D eigenvalue weighted by molar-refractivity contribution is -0.140. The third-order valence-electron chi connectivity index (χ3n) is 4.74. The number of hydrogen-bond acceptors (Lipinski definition) is 7. The van der Waals surface area contributed by atoms with Crippen LogP contribution in [0.1, 0.15) is 11.9 Å². The van der Waals surface area contributed by atoms with Gasteiger partial charge in [-0.3, -0.25) is 14.1 Å². The second-order valence-corrected chi connectivity index (χ2v) is 6.48. The molecule has 0 unspecified atom stereocenters. The Morgan fingerprint density at radius 2 is 2.23 bits per heavy atom. The van der Waals surface area contributed by atoms with Gasteiger partial charge in [0.25, 0.3) is 0 Å². The van der Waals surface area contributed by atoms with Gasteiger partial charge in [-0.05, 0) is 12.1 Å². The van der Waals surface area contributed by atoms with Crippen molar-refractivity contribution >= 4 is 5.82 Å². The second kappa shape index (κ2) is 6.11. The first-order chi connectivity index (χ1) is 12.4. The second-order valence-electron chi connectivity index (χ2n) is 6.48. The van der Waals surface area contributed by atoms with Crippen molar-refractivity contribution < 1.29 is 18.6 Å². The number of halogens is 2. The smallest absolute Gasteiger partial charge is 0.351 e. The normalized spacial score (nSPS) is 28.2. The highest BCUT2D eigenvalue weighted by molar-refractivity contribution is 5.23. The van der Waals surface area contributed by atoms with Gasteiger partial charge < -0.3 is 15.6 Å². The van der Waals surface area contributed by atoms with Crippen LogP contribution in [0.25, 0.3) is 0 Å². The fourth-order valence-corrected chi connectivity index (χ4v) is 3.36. The Hall–Kier alpha value is -2.37. The summed E-state index contributed by atoms with van der Waals surface area (Å²) in [5.74, 6) is -3.72. The van der Waals surface area contributed by atoms with Crippen molar-refractivity contribution in [3.8, 4) is 0 Å². The molecule has 26 heavy (non-hydrogen) atoms. The van der Waals surface area contributed by atoms with E-state index in [0.717, 1.165) is 18.3 Å². The van der Waals surface area contributed by atoms with Gasteiger partial charge in [-0.25, -0.2) is 4.79 Å². The Morgan fingerprint density at radius 3 is 3.00 bits per heavy atom. The molecule has 2 aromatic heterocycles. The van der Waals surface area contributed by atoms with E-state index in [1.165, 1.54) is 6.07 Å². The SMILES string of the molecule is Nc1ccn([C@@H]2O[C@H](CN3CCc4ccnn4C3)[C@@H](O)C2(F)F)c(=O)n1. The standard InChI is InChI=1S/C15H18F2N6O3/c16-15(17)12(24)10(7-21-5-2-9-1-4-19-23(9)8-21)26-13(15)22-6-3-11(18)20-14(22)25/h1,3-4,6,10,12-13,24H,2,5,7-8H2,(H2,18,20,25)/t10-,12-,13-/m1/s1. The average molecular weight is 368 g/mol. The molecule has 0 radical (unpaired) electrons. The molecule has 0 amide bonds. The van der Waals surface area contributed by atoms with E-state index >= 15 is 0 Å². The van der Waals surface area contributed by atoms with Gasteiger partial charge in [-0.15, -0.1) is 0 Å². The minimum absolute atomic E-state index is 0.0759. The van der Waals surface area contributed by atoms with Crippen molar-refractivity contribution in [2.45, 2.75) is 37.4 Å². The van der Waals surface area contributed by atoms with Gasteiger partial charge in [-0.1, -0.05) is 0 Å². The average Bonchev–Trinajstić information content (AvgIpc) is 3.13. The molecule has 0 spiro atoms. The Labute approximate surface area is 146 Å². The molecule has 1 fully saturated rings. The van der Waals surface area contributed by atoms with Crippen LogP contribution in [0.2, 0.25) is 0 Å². The summed E-state index contributed by atoms with van der Waals surface area (Å²) in [6.07, 6.45) is -1.63.